The molecule has 0 bridgehead atoms. The lowest BCUT2D eigenvalue weighted by Crippen LogP contribution is -2.18. The number of hydrogen-bond donors (Lipinski definition) is 3. The lowest BCUT2D eigenvalue weighted by molar-refractivity contribution is 0.0964. The average molecular weight is 505 g/mol. The number of H-pyrrole nitrogens is 1. The Labute approximate surface area is 207 Å². The van der Waals surface area contributed by atoms with E-state index in [0.717, 1.165) is 35.9 Å². The Morgan fingerprint density at radius 1 is 1.06 bits per heavy atom. The predicted molar refractivity (Wildman–Crippen MR) is 137 cm³/mol. The van der Waals surface area contributed by atoms with Gasteiger partial charge in [-0.3, -0.25) is 29.5 Å². The monoisotopic (exact) mass is 504 g/mol. The van der Waals surface area contributed by atoms with Crippen LogP contribution >= 0.6 is 0 Å². The van der Waals surface area contributed by atoms with Crippen molar-refractivity contribution in [1.29, 1.82) is 0 Å². The van der Waals surface area contributed by atoms with Crippen molar-refractivity contribution in [3.63, 3.8) is 0 Å². The molecule has 1 amide bonds. The molecule has 36 heavy (non-hydrogen) atoms. The molecule has 5 rings (SSSR count). The quantitative estimate of drug-likeness (QED) is 0.327. The minimum Gasteiger partial charge on any atom is -0.355 e. The van der Waals surface area contributed by atoms with Crippen molar-refractivity contribution >= 4 is 38.4 Å². The fourth-order valence-electron chi connectivity index (χ4n) is 3.79. The summed E-state index contributed by atoms with van der Waals surface area (Å²) in [5, 5.41) is 2.62. The summed E-state index contributed by atoms with van der Waals surface area (Å²) in [7, 11) is -1.88. The molecule has 0 aliphatic heterocycles. The largest absolute Gasteiger partial charge is 0.355 e. The van der Waals surface area contributed by atoms with Crippen LogP contribution in [0.15, 0.2) is 48.1 Å². The van der Waals surface area contributed by atoms with Crippen LogP contribution in [0.4, 0.5) is 5.69 Å². The van der Waals surface area contributed by atoms with Crippen LogP contribution in [0.5, 0.6) is 0 Å². The van der Waals surface area contributed by atoms with Crippen molar-refractivity contribution in [1.82, 2.24) is 30.2 Å². The Hall–Kier alpha value is -4.19. The number of imidazole rings is 1. The second-order valence-electron chi connectivity index (χ2n) is 8.65. The van der Waals surface area contributed by atoms with Crippen molar-refractivity contribution in [3.8, 4) is 11.1 Å². The van der Waals surface area contributed by atoms with E-state index >= 15 is 0 Å². The van der Waals surface area contributed by atoms with E-state index in [9.17, 15) is 13.2 Å². The molecule has 0 radical (unpaired) electrons. The molecule has 0 aromatic carbocycles. The number of carbonyl (C=O) groups is 1. The number of aromatic amines is 1. The van der Waals surface area contributed by atoms with Gasteiger partial charge in [-0.2, -0.15) is 0 Å². The van der Waals surface area contributed by atoms with Gasteiger partial charge in [-0.15, -0.1) is 0 Å². The molecule has 11 nitrogen and oxygen atoms in total. The molecule has 1 aliphatic carbocycles. The molecule has 1 saturated carbocycles. The van der Waals surface area contributed by atoms with Crippen molar-refractivity contribution in [2.24, 2.45) is 4.99 Å². The molecule has 0 saturated heterocycles. The predicted octanol–water partition coefficient (Wildman–Crippen LogP) is 2.45. The molecular formula is C24H24N8O3S. The summed E-state index contributed by atoms with van der Waals surface area (Å²) in [6.45, 7) is 1.89. The van der Waals surface area contributed by atoms with Gasteiger partial charge in [0, 0.05) is 48.0 Å². The van der Waals surface area contributed by atoms with Gasteiger partial charge in [0.1, 0.15) is 11.2 Å². The fourth-order valence-corrected chi connectivity index (χ4v) is 4.33. The Kier molecular flexibility index (Phi) is 5.96. The molecule has 184 valence electrons. The number of rotatable bonds is 7. The van der Waals surface area contributed by atoms with Crippen LogP contribution < -0.4 is 10.0 Å². The molecule has 0 unspecified atom stereocenters. The number of carbonyl (C=O) groups excluding carboxylic acids is 1. The van der Waals surface area contributed by atoms with Gasteiger partial charge in [-0.05, 0) is 31.9 Å². The average Bonchev–Trinajstić information content (AvgIpc) is 3.56. The van der Waals surface area contributed by atoms with Crippen LogP contribution in [0, 0.1) is 6.92 Å². The van der Waals surface area contributed by atoms with Crippen LogP contribution in [0.25, 0.3) is 22.2 Å². The molecular weight excluding hydrogens is 480 g/mol. The normalized spacial score (nSPS) is 14.1. The van der Waals surface area contributed by atoms with Gasteiger partial charge in [0.05, 0.1) is 41.5 Å². The summed E-state index contributed by atoms with van der Waals surface area (Å²) in [6.07, 6.45) is 11.0. The van der Waals surface area contributed by atoms with E-state index in [1.807, 2.05) is 13.0 Å². The highest BCUT2D eigenvalue weighted by Crippen LogP contribution is 2.29. The number of sulfonamides is 1. The van der Waals surface area contributed by atoms with Crippen molar-refractivity contribution < 1.29 is 13.2 Å². The summed E-state index contributed by atoms with van der Waals surface area (Å²) < 4.78 is 25.8. The SMILES string of the molecule is CNC(=O)c1cncc2[nH]c(/C(=N/C3CC3)c3cc(-c4cncc(NS(C)(=O)=O)c4)cnc3C)nc12. The number of pyridine rings is 3. The van der Waals surface area contributed by atoms with E-state index < -0.39 is 10.0 Å². The topological polar surface area (TPSA) is 155 Å². The van der Waals surface area contributed by atoms with E-state index in [-0.39, 0.29) is 11.9 Å². The number of anilines is 1. The highest BCUT2D eigenvalue weighted by atomic mass is 32.2. The van der Waals surface area contributed by atoms with Gasteiger partial charge < -0.3 is 10.3 Å². The maximum atomic E-state index is 12.3. The summed E-state index contributed by atoms with van der Waals surface area (Å²) in [4.78, 5) is 38.2. The first kappa shape index (κ1) is 23.5. The Balaban J connectivity index is 1.61. The zero-order chi connectivity index (χ0) is 25.4. The lowest BCUT2D eigenvalue weighted by atomic mass is 10.0. The first-order valence-corrected chi connectivity index (χ1v) is 13.1. The summed E-state index contributed by atoms with van der Waals surface area (Å²) in [5.74, 6) is 0.240. The molecule has 0 atom stereocenters. The fraction of sp³-hybridized carbons (Fsp3) is 0.250. The Morgan fingerprint density at radius 2 is 1.81 bits per heavy atom. The van der Waals surface area contributed by atoms with Crippen molar-refractivity contribution in [2.45, 2.75) is 25.8 Å². The summed E-state index contributed by atoms with van der Waals surface area (Å²) >= 11 is 0. The van der Waals surface area contributed by atoms with Gasteiger partial charge in [-0.1, -0.05) is 0 Å². The molecule has 4 aromatic rings. The number of aryl methyl sites for hydroxylation is 1. The van der Waals surface area contributed by atoms with E-state index in [0.29, 0.717) is 39.4 Å². The maximum Gasteiger partial charge on any atom is 0.254 e. The minimum absolute atomic E-state index is 0.191. The highest BCUT2D eigenvalue weighted by Gasteiger charge is 2.25. The van der Waals surface area contributed by atoms with Gasteiger partial charge in [0.2, 0.25) is 10.0 Å². The van der Waals surface area contributed by atoms with Crippen molar-refractivity contribution in [2.75, 3.05) is 18.0 Å². The molecule has 4 heterocycles. The molecule has 4 aromatic heterocycles. The number of nitrogens with zero attached hydrogens (tertiary/aromatic N) is 5. The van der Waals surface area contributed by atoms with E-state index in [2.05, 4.69) is 30.0 Å². The zero-order valence-electron chi connectivity index (χ0n) is 19.9. The molecule has 1 aliphatic rings. The Morgan fingerprint density at radius 3 is 2.53 bits per heavy atom. The van der Waals surface area contributed by atoms with Crippen LogP contribution in [0.1, 0.15) is 40.3 Å². The number of aliphatic imine (C=N–C) groups is 1. The number of nitrogens with one attached hydrogen (secondary N) is 3. The standard InChI is InChI=1S/C24H24N8O3S/c1-13-18(7-15(9-28-13)14-6-17(10-26-8-14)32-36(3,34)35)22(29-16-4-5-16)23-30-20-12-27-11-19(21(20)31-23)24(33)25-2/h6-12,16,32H,4-5H2,1-3H3,(H,25,33)(H,30,31)/b29-22+. The first-order chi connectivity index (χ1) is 17.2. The summed E-state index contributed by atoms with van der Waals surface area (Å²) in [6, 6.07) is 3.83. The summed E-state index contributed by atoms with van der Waals surface area (Å²) in [5.41, 5.74) is 5.46. The van der Waals surface area contributed by atoms with Gasteiger partial charge >= 0.3 is 0 Å². The van der Waals surface area contributed by atoms with E-state index in [1.54, 1.807) is 31.7 Å². The number of aromatic nitrogens is 5. The number of amides is 1. The number of fused-ring (bicyclic) bond motifs is 1. The van der Waals surface area contributed by atoms with Crippen LogP contribution in [0.3, 0.4) is 0 Å². The van der Waals surface area contributed by atoms with Crippen LogP contribution in [0.2, 0.25) is 0 Å². The van der Waals surface area contributed by atoms with Gasteiger partial charge in [0.15, 0.2) is 5.82 Å². The van der Waals surface area contributed by atoms with E-state index in [4.69, 9.17) is 9.98 Å². The Bertz CT molecular complexity index is 1620. The molecule has 12 heteroatoms. The third kappa shape index (κ3) is 4.93. The molecule has 1 fully saturated rings. The van der Waals surface area contributed by atoms with E-state index in [1.165, 1.54) is 12.4 Å². The first-order valence-electron chi connectivity index (χ1n) is 11.3. The molecule has 0 spiro atoms. The maximum absolute atomic E-state index is 12.3. The lowest BCUT2D eigenvalue weighted by Gasteiger charge is -2.11. The van der Waals surface area contributed by atoms with Crippen molar-refractivity contribution in [3.05, 3.63) is 65.8 Å². The van der Waals surface area contributed by atoms with Gasteiger partial charge in [0.25, 0.3) is 5.91 Å². The second kappa shape index (κ2) is 9.11. The highest BCUT2D eigenvalue weighted by molar-refractivity contribution is 7.92. The smallest absolute Gasteiger partial charge is 0.254 e. The second-order valence-corrected chi connectivity index (χ2v) is 10.4. The minimum atomic E-state index is -3.44. The van der Waals surface area contributed by atoms with Crippen LogP contribution in [-0.4, -0.2) is 64.3 Å². The third-order valence-electron chi connectivity index (χ3n) is 5.67. The third-order valence-corrected chi connectivity index (χ3v) is 6.27. The molecule has 3 N–H and O–H groups in total. The van der Waals surface area contributed by atoms with Gasteiger partial charge in [-0.25, -0.2) is 13.4 Å². The zero-order valence-corrected chi connectivity index (χ0v) is 20.7. The number of hydrogen-bond acceptors (Lipinski definition) is 8. The van der Waals surface area contributed by atoms with Crippen LogP contribution in [-0.2, 0) is 10.0 Å².